The van der Waals surface area contributed by atoms with Crippen LogP contribution < -0.4 is 4.74 Å². The Labute approximate surface area is 178 Å². The number of aromatic nitrogens is 4. The maximum atomic E-state index is 12.7. The predicted octanol–water partition coefficient (Wildman–Crippen LogP) is 5.56. The van der Waals surface area contributed by atoms with Crippen molar-refractivity contribution in [1.82, 2.24) is 19.7 Å². The van der Waals surface area contributed by atoms with Gasteiger partial charge in [-0.2, -0.15) is 13.9 Å². The molecule has 0 aliphatic heterocycles. The molecular formula is C24H22F2N4O. The summed E-state index contributed by atoms with van der Waals surface area (Å²) in [6.45, 7) is -2.84. The molecule has 0 N–H and O–H groups in total. The van der Waals surface area contributed by atoms with Crippen LogP contribution >= 0.6 is 0 Å². The molecule has 31 heavy (non-hydrogen) atoms. The molecule has 0 saturated heterocycles. The van der Waals surface area contributed by atoms with Crippen LogP contribution in [0.5, 0.6) is 5.75 Å². The fourth-order valence-electron chi connectivity index (χ4n) is 3.97. The molecule has 7 heteroatoms. The van der Waals surface area contributed by atoms with Crippen LogP contribution in [0.2, 0.25) is 0 Å². The molecule has 1 aliphatic rings. The Hall–Kier alpha value is -3.35. The van der Waals surface area contributed by atoms with Gasteiger partial charge in [0, 0.05) is 30.9 Å². The van der Waals surface area contributed by atoms with Crippen LogP contribution in [0, 0.1) is 5.92 Å². The highest BCUT2D eigenvalue weighted by atomic mass is 19.3. The standard InChI is InChI=1S/C24H22F2N4O/c1-30-14-18(12-28-30)16-7-8-21-22(11-16)29-23(13-27-21)20(9-15-5-6-15)17-3-2-4-19(10-17)31-24(25)26/h2-4,7-8,10-15,20,24H,5-6,9H2,1H3. The van der Waals surface area contributed by atoms with Crippen molar-refractivity contribution in [3.05, 3.63) is 72.3 Å². The van der Waals surface area contributed by atoms with E-state index in [0.29, 0.717) is 5.92 Å². The molecule has 5 nitrogen and oxygen atoms in total. The van der Waals surface area contributed by atoms with Crippen molar-refractivity contribution in [3.8, 4) is 16.9 Å². The fraction of sp³-hybridized carbons (Fsp3) is 0.292. The summed E-state index contributed by atoms with van der Waals surface area (Å²) in [5.74, 6) is 0.775. The number of aryl methyl sites for hydroxylation is 1. The lowest BCUT2D eigenvalue weighted by molar-refractivity contribution is -0.0498. The third kappa shape index (κ3) is 4.40. The second-order valence-electron chi connectivity index (χ2n) is 8.08. The van der Waals surface area contributed by atoms with Gasteiger partial charge < -0.3 is 4.74 Å². The zero-order valence-corrected chi connectivity index (χ0v) is 17.1. The quantitative estimate of drug-likeness (QED) is 0.393. The van der Waals surface area contributed by atoms with Gasteiger partial charge in [0.2, 0.25) is 0 Å². The number of nitrogens with zero attached hydrogens (tertiary/aromatic N) is 4. The molecule has 4 aromatic rings. The van der Waals surface area contributed by atoms with Gasteiger partial charge in [-0.1, -0.05) is 31.0 Å². The Kier molecular flexibility index (Phi) is 5.10. The molecule has 1 fully saturated rings. The van der Waals surface area contributed by atoms with Crippen molar-refractivity contribution in [3.63, 3.8) is 0 Å². The highest BCUT2D eigenvalue weighted by Gasteiger charge is 2.28. The Balaban J connectivity index is 1.53. The van der Waals surface area contributed by atoms with Gasteiger partial charge in [-0.05, 0) is 47.7 Å². The number of hydrogen-bond acceptors (Lipinski definition) is 4. The van der Waals surface area contributed by atoms with Gasteiger partial charge in [0.05, 0.1) is 22.9 Å². The number of fused-ring (bicyclic) bond motifs is 1. The summed E-state index contributed by atoms with van der Waals surface area (Å²) in [4.78, 5) is 9.57. The second kappa shape index (κ2) is 8.06. The first-order chi connectivity index (χ1) is 15.0. The monoisotopic (exact) mass is 420 g/mol. The van der Waals surface area contributed by atoms with Gasteiger partial charge in [0.1, 0.15) is 5.75 Å². The average molecular weight is 420 g/mol. The van der Waals surface area contributed by atoms with Crippen LogP contribution in [0.25, 0.3) is 22.2 Å². The third-order valence-electron chi connectivity index (χ3n) is 5.71. The molecule has 1 aliphatic carbocycles. The number of rotatable bonds is 7. The zero-order valence-electron chi connectivity index (χ0n) is 17.1. The van der Waals surface area contributed by atoms with Crippen LogP contribution in [0.1, 0.15) is 36.4 Å². The first-order valence-electron chi connectivity index (χ1n) is 10.4. The van der Waals surface area contributed by atoms with Gasteiger partial charge in [0.15, 0.2) is 0 Å². The molecule has 2 heterocycles. The minimum atomic E-state index is -2.84. The molecule has 1 saturated carbocycles. The topological polar surface area (TPSA) is 52.8 Å². The summed E-state index contributed by atoms with van der Waals surface area (Å²) in [6, 6.07) is 12.9. The maximum absolute atomic E-state index is 12.7. The van der Waals surface area contributed by atoms with Crippen molar-refractivity contribution < 1.29 is 13.5 Å². The van der Waals surface area contributed by atoms with Gasteiger partial charge in [-0.25, -0.2) is 4.98 Å². The molecule has 0 spiro atoms. The van der Waals surface area contributed by atoms with E-state index in [-0.39, 0.29) is 11.7 Å². The first-order valence-corrected chi connectivity index (χ1v) is 10.4. The van der Waals surface area contributed by atoms with Crippen LogP contribution in [-0.2, 0) is 7.05 Å². The smallest absolute Gasteiger partial charge is 0.387 e. The summed E-state index contributed by atoms with van der Waals surface area (Å²) in [5, 5.41) is 4.24. The van der Waals surface area contributed by atoms with Gasteiger partial charge >= 0.3 is 6.61 Å². The summed E-state index contributed by atoms with van der Waals surface area (Å²) in [6.07, 6.45) is 8.89. The van der Waals surface area contributed by atoms with Crippen molar-refractivity contribution in [2.24, 2.45) is 13.0 Å². The van der Waals surface area contributed by atoms with E-state index in [2.05, 4.69) is 14.8 Å². The van der Waals surface area contributed by atoms with E-state index in [1.165, 1.54) is 12.8 Å². The van der Waals surface area contributed by atoms with Crippen LogP contribution in [0.3, 0.4) is 0 Å². The maximum Gasteiger partial charge on any atom is 0.387 e. The predicted molar refractivity (Wildman–Crippen MR) is 114 cm³/mol. The summed E-state index contributed by atoms with van der Waals surface area (Å²) < 4.78 is 31.8. The summed E-state index contributed by atoms with van der Waals surface area (Å²) >= 11 is 0. The minimum absolute atomic E-state index is 0.0207. The zero-order chi connectivity index (χ0) is 21.4. The normalized spacial score (nSPS) is 14.8. The highest BCUT2D eigenvalue weighted by molar-refractivity contribution is 5.81. The molecule has 0 bridgehead atoms. The molecule has 1 atom stereocenters. The molecule has 1 unspecified atom stereocenters. The van der Waals surface area contributed by atoms with E-state index in [9.17, 15) is 8.78 Å². The summed E-state index contributed by atoms with van der Waals surface area (Å²) in [7, 11) is 1.89. The van der Waals surface area contributed by atoms with Crippen molar-refractivity contribution >= 4 is 11.0 Å². The van der Waals surface area contributed by atoms with E-state index >= 15 is 0 Å². The van der Waals surface area contributed by atoms with E-state index in [4.69, 9.17) is 4.98 Å². The first kappa shape index (κ1) is 19.6. The van der Waals surface area contributed by atoms with Gasteiger partial charge in [-0.3, -0.25) is 9.67 Å². The number of alkyl halides is 2. The molecular weight excluding hydrogens is 398 g/mol. The van der Waals surface area contributed by atoms with Crippen LogP contribution in [0.4, 0.5) is 8.78 Å². The fourth-order valence-corrected chi connectivity index (χ4v) is 3.97. The Morgan fingerprint density at radius 2 is 1.94 bits per heavy atom. The highest BCUT2D eigenvalue weighted by Crippen LogP contribution is 2.41. The Morgan fingerprint density at radius 3 is 2.68 bits per heavy atom. The molecule has 5 rings (SSSR count). The second-order valence-corrected chi connectivity index (χ2v) is 8.08. The van der Waals surface area contributed by atoms with E-state index < -0.39 is 6.61 Å². The van der Waals surface area contributed by atoms with Crippen LogP contribution in [0.15, 0.2) is 61.1 Å². The largest absolute Gasteiger partial charge is 0.435 e. The number of hydrogen-bond donors (Lipinski definition) is 0. The van der Waals surface area contributed by atoms with Crippen LogP contribution in [-0.4, -0.2) is 26.4 Å². The Morgan fingerprint density at radius 1 is 1.06 bits per heavy atom. The molecule has 2 aromatic heterocycles. The average Bonchev–Trinajstić information content (AvgIpc) is 3.48. The lowest BCUT2D eigenvalue weighted by Crippen LogP contribution is -2.07. The van der Waals surface area contributed by atoms with Crippen molar-refractivity contribution in [1.29, 1.82) is 0 Å². The van der Waals surface area contributed by atoms with Gasteiger partial charge in [-0.15, -0.1) is 0 Å². The molecule has 158 valence electrons. The Bertz CT molecular complexity index is 1220. The van der Waals surface area contributed by atoms with E-state index in [1.807, 2.05) is 43.7 Å². The lowest BCUT2D eigenvalue weighted by atomic mass is 9.90. The van der Waals surface area contributed by atoms with Crippen molar-refractivity contribution in [2.75, 3.05) is 0 Å². The number of benzene rings is 2. The lowest BCUT2D eigenvalue weighted by Gasteiger charge is -2.18. The molecule has 0 radical (unpaired) electrons. The SMILES string of the molecule is Cn1cc(-c2ccc3ncc(C(CC4CC4)c4cccc(OC(F)F)c4)nc3c2)cn1. The number of ether oxygens (including phenoxy) is 1. The molecule has 0 amide bonds. The van der Waals surface area contributed by atoms with E-state index in [0.717, 1.165) is 39.8 Å². The third-order valence-corrected chi connectivity index (χ3v) is 5.71. The van der Waals surface area contributed by atoms with E-state index in [1.54, 1.807) is 29.1 Å². The molecule has 2 aromatic carbocycles. The minimum Gasteiger partial charge on any atom is -0.435 e. The number of halogens is 2. The van der Waals surface area contributed by atoms with Gasteiger partial charge in [0.25, 0.3) is 0 Å². The van der Waals surface area contributed by atoms with Crippen molar-refractivity contribution in [2.45, 2.75) is 31.8 Å². The summed E-state index contributed by atoms with van der Waals surface area (Å²) in [5.41, 5.74) is 5.43.